The Morgan fingerprint density at radius 1 is 1.20 bits per heavy atom. The van der Waals surface area contributed by atoms with E-state index in [-0.39, 0.29) is 17.9 Å². The van der Waals surface area contributed by atoms with E-state index in [0.29, 0.717) is 26.3 Å². The number of ether oxygens (including phenoxy) is 1. The minimum atomic E-state index is 0.125. The van der Waals surface area contributed by atoms with Crippen LogP contribution >= 0.6 is 0 Å². The van der Waals surface area contributed by atoms with Gasteiger partial charge in [-0.2, -0.15) is 0 Å². The number of aromatic nitrogens is 2. The Balaban J connectivity index is 1.41. The average molecular weight is 337 g/mol. The number of pyridine rings is 1. The van der Waals surface area contributed by atoms with Crippen molar-refractivity contribution in [3.05, 3.63) is 66.3 Å². The van der Waals surface area contributed by atoms with E-state index in [9.17, 15) is 4.79 Å². The fourth-order valence-corrected chi connectivity index (χ4v) is 3.69. The minimum absolute atomic E-state index is 0.125. The number of hydrogen-bond acceptors (Lipinski definition) is 3. The Labute approximate surface area is 147 Å². The summed E-state index contributed by atoms with van der Waals surface area (Å²) in [5.41, 5.74) is 2.30. The number of amides is 1. The van der Waals surface area contributed by atoms with Crippen molar-refractivity contribution in [3.8, 4) is 0 Å². The topological polar surface area (TPSA) is 47.4 Å². The predicted molar refractivity (Wildman–Crippen MR) is 94.6 cm³/mol. The van der Waals surface area contributed by atoms with Crippen LogP contribution in [0.25, 0.3) is 0 Å². The van der Waals surface area contributed by atoms with Crippen molar-refractivity contribution >= 4 is 5.91 Å². The van der Waals surface area contributed by atoms with Gasteiger partial charge in [-0.15, -0.1) is 0 Å². The summed E-state index contributed by atoms with van der Waals surface area (Å²) in [7, 11) is 0. The summed E-state index contributed by atoms with van der Waals surface area (Å²) in [5, 5.41) is 0. The van der Waals surface area contributed by atoms with Crippen LogP contribution in [-0.2, 0) is 22.7 Å². The summed E-state index contributed by atoms with van der Waals surface area (Å²) in [6, 6.07) is 8.24. The van der Waals surface area contributed by atoms with Crippen molar-refractivity contribution in [2.75, 3.05) is 13.2 Å². The maximum absolute atomic E-state index is 12.8. The highest BCUT2D eigenvalue weighted by Crippen LogP contribution is 2.27. The Morgan fingerprint density at radius 3 is 2.80 bits per heavy atom. The molecule has 1 unspecified atom stereocenters. The maximum Gasteiger partial charge on any atom is 0.226 e. The zero-order chi connectivity index (χ0) is 17.1. The highest BCUT2D eigenvalue weighted by molar-refractivity contribution is 5.79. The van der Waals surface area contributed by atoms with Gasteiger partial charge >= 0.3 is 0 Å². The third kappa shape index (κ3) is 3.51. The van der Waals surface area contributed by atoms with Gasteiger partial charge in [-0.05, 0) is 42.7 Å². The summed E-state index contributed by atoms with van der Waals surface area (Å²) in [6.45, 7) is 2.57. The fourth-order valence-electron chi connectivity index (χ4n) is 3.69. The van der Waals surface area contributed by atoms with Crippen molar-refractivity contribution in [2.45, 2.75) is 32.0 Å². The van der Waals surface area contributed by atoms with Crippen LogP contribution in [0, 0.1) is 5.92 Å². The molecule has 25 heavy (non-hydrogen) atoms. The summed E-state index contributed by atoms with van der Waals surface area (Å²) < 4.78 is 8.19. The Bertz CT molecular complexity index is 745. The second-order valence-electron chi connectivity index (χ2n) is 6.79. The van der Waals surface area contributed by atoms with Crippen molar-refractivity contribution in [3.63, 3.8) is 0 Å². The highest BCUT2D eigenvalue weighted by atomic mass is 16.5. The van der Waals surface area contributed by atoms with E-state index >= 15 is 0 Å². The zero-order valence-corrected chi connectivity index (χ0v) is 14.3. The number of nitrogens with zero attached hydrogens (tertiary/aromatic N) is 3. The maximum atomic E-state index is 12.8. The molecule has 1 amide bonds. The van der Waals surface area contributed by atoms with Crippen LogP contribution in [0.15, 0.2) is 55.0 Å². The van der Waals surface area contributed by atoms with Gasteiger partial charge in [0.1, 0.15) is 0 Å². The van der Waals surface area contributed by atoms with Gasteiger partial charge in [0.05, 0.1) is 25.8 Å². The fraction of sp³-hybridized carbons (Fsp3) is 0.400. The van der Waals surface area contributed by atoms with Gasteiger partial charge in [0.2, 0.25) is 5.91 Å². The summed E-state index contributed by atoms with van der Waals surface area (Å²) in [5.74, 6) is 0.400. The van der Waals surface area contributed by atoms with Gasteiger partial charge in [-0.3, -0.25) is 9.78 Å². The number of carbonyl (C=O) groups is 1. The molecule has 2 aliphatic rings. The molecule has 0 saturated heterocycles. The van der Waals surface area contributed by atoms with Gasteiger partial charge < -0.3 is 14.2 Å². The molecule has 0 fully saturated rings. The number of allylic oxidation sites excluding steroid dienone is 2. The molecule has 0 bridgehead atoms. The van der Waals surface area contributed by atoms with Gasteiger partial charge in [0.15, 0.2) is 0 Å². The molecule has 1 aliphatic carbocycles. The third-order valence-corrected chi connectivity index (χ3v) is 5.04. The molecule has 0 spiro atoms. The number of fused-ring (bicyclic) bond motifs is 1. The Morgan fingerprint density at radius 2 is 2.00 bits per heavy atom. The summed E-state index contributed by atoms with van der Waals surface area (Å²) >= 11 is 0. The molecule has 130 valence electrons. The van der Waals surface area contributed by atoms with E-state index in [1.54, 1.807) is 12.4 Å². The third-order valence-electron chi connectivity index (χ3n) is 5.04. The predicted octanol–water partition coefficient (Wildman–Crippen LogP) is 2.95. The lowest BCUT2D eigenvalue weighted by molar-refractivity contribution is -0.137. The van der Waals surface area contributed by atoms with Gasteiger partial charge in [-0.25, -0.2) is 0 Å². The quantitative estimate of drug-likeness (QED) is 0.788. The first-order valence-electron chi connectivity index (χ1n) is 8.87. The molecule has 1 aliphatic heterocycles. The normalized spacial score (nSPS) is 20.0. The van der Waals surface area contributed by atoms with Crippen LogP contribution in [0.5, 0.6) is 0 Å². The standard InChI is InChI=1S/C20H23N3O2/c24-20(17-4-1-2-5-17)22-12-18-6-3-11-23(18)19(13-22)15-25-14-16-7-9-21-10-8-16/h1-3,6-11,17,19H,4-5,12-15H2. The molecule has 0 saturated carbocycles. The Kier molecular flexibility index (Phi) is 4.65. The van der Waals surface area contributed by atoms with E-state index in [0.717, 1.165) is 18.4 Å². The van der Waals surface area contributed by atoms with E-state index in [1.165, 1.54) is 5.69 Å². The SMILES string of the molecule is O=C(C1CC=CC1)N1Cc2cccn2C(COCc2ccncc2)C1. The molecular weight excluding hydrogens is 314 g/mol. The summed E-state index contributed by atoms with van der Waals surface area (Å²) in [6.07, 6.45) is 11.6. The molecule has 0 N–H and O–H groups in total. The molecule has 4 rings (SSSR count). The largest absolute Gasteiger partial charge is 0.375 e. The second-order valence-corrected chi connectivity index (χ2v) is 6.79. The summed E-state index contributed by atoms with van der Waals surface area (Å²) in [4.78, 5) is 18.8. The van der Waals surface area contributed by atoms with E-state index in [1.807, 2.05) is 17.0 Å². The van der Waals surface area contributed by atoms with Crippen molar-refractivity contribution in [1.29, 1.82) is 0 Å². The van der Waals surface area contributed by atoms with E-state index < -0.39 is 0 Å². The van der Waals surface area contributed by atoms with Crippen molar-refractivity contribution in [2.24, 2.45) is 5.92 Å². The smallest absolute Gasteiger partial charge is 0.226 e. The Hall–Kier alpha value is -2.40. The van der Waals surface area contributed by atoms with Gasteiger partial charge in [-0.1, -0.05) is 12.2 Å². The molecule has 5 heteroatoms. The van der Waals surface area contributed by atoms with E-state index in [2.05, 4.69) is 40.0 Å². The zero-order valence-electron chi connectivity index (χ0n) is 14.3. The van der Waals surface area contributed by atoms with Crippen LogP contribution in [-0.4, -0.2) is 33.5 Å². The lowest BCUT2D eigenvalue weighted by Gasteiger charge is -2.36. The first-order valence-corrected chi connectivity index (χ1v) is 8.87. The minimum Gasteiger partial charge on any atom is -0.375 e. The molecule has 1 atom stereocenters. The second kappa shape index (κ2) is 7.23. The monoisotopic (exact) mass is 337 g/mol. The van der Waals surface area contributed by atoms with Crippen LogP contribution in [0.3, 0.4) is 0 Å². The number of rotatable bonds is 5. The molecule has 0 aromatic carbocycles. The molecule has 0 radical (unpaired) electrons. The average Bonchev–Trinajstić information content (AvgIpc) is 3.33. The molecule has 3 heterocycles. The van der Waals surface area contributed by atoms with Crippen LogP contribution in [0.1, 0.15) is 30.1 Å². The van der Waals surface area contributed by atoms with Gasteiger partial charge in [0, 0.05) is 36.7 Å². The molecular formula is C20H23N3O2. The highest BCUT2D eigenvalue weighted by Gasteiger charge is 2.31. The number of hydrogen-bond donors (Lipinski definition) is 0. The first-order chi connectivity index (χ1) is 12.3. The van der Waals surface area contributed by atoms with Crippen LogP contribution in [0.4, 0.5) is 0 Å². The molecule has 2 aromatic heterocycles. The molecule has 5 nitrogen and oxygen atoms in total. The van der Waals surface area contributed by atoms with Crippen molar-refractivity contribution < 1.29 is 9.53 Å². The number of carbonyl (C=O) groups excluding carboxylic acids is 1. The van der Waals surface area contributed by atoms with Gasteiger partial charge in [0.25, 0.3) is 0 Å². The lowest BCUT2D eigenvalue weighted by atomic mass is 10.0. The molecule has 2 aromatic rings. The van der Waals surface area contributed by atoms with E-state index in [4.69, 9.17) is 4.74 Å². The van der Waals surface area contributed by atoms with Crippen molar-refractivity contribution in [1.82, 2.24) is 14.5 Å². The first kappa shape index (κ1) is 16.1. The van der Waals surface area contributed by atoms with Crippen LogP contribution < -0.4 is 0 Å². The van der Waals surface area contributed by atoms with Crippen LogP contribution in [0.2, 0.25) is 0 Å². The lowest BCUT2D eigenvalue weighted by Crippen LogP contribution is -2.44.